The van der Waals surface area contributed by atoms with E-state index in [2.05, 4.69) is 11.0 Å². The van der Waals surface area contributed by atoms with Gasteiger partial charge in [-0.3, -0.25) is 9.59 Å². The number of fused-ring (bicyclic) bond motifs is 4. The highest BCUT2D eigenvalue weighted by Gasteiger charge is 2.41. The second-order valence-corrected chi connectivity index (χ2v) is 8.35. The van der Waals surface area contributed by atoms with Gasteiger partial charge in [0.05, 0.1) is 12.6 Å². The minimum absolute atomic E-state index is 0.0538. The van der Waals surface area contributed by atoms with Gasteiger partial charge in [-0.1, -0.05) is 6.07 Å². The normalized spacial score (nSPS) is 23.0. The standard InChI is InChI=1S/C23H29N3O3/c1-4-29-19-10-8-16(9-11-19)23(28)25-13-17-12-18(14-25)21(15-24(2)3)26-20(17)6-5-7-22(26)27/h5-11,17-18,21H,4,12-15H2,1-3H3/t17-,18+,21+/m1/s1. The molecule has 6 nitrogen and oxygen atoms in total. The molecule has 0 saturated carbocycles. The fourth-order valence-corrected chi connectivity index (χ4v) is 4.86. The number of ether oxygens (including phenoxy) is 1. The van der Waals surface area contributed by atoms with Crippen molar-refractivity contribution >= 4 is 5.91 Å². The highest BCUT2D eigenvalue weighted by atomic mass is 16.5. The highest BCUT2D eigenvalue weighted by molar-refractivity contribution is 5.94. The largest absolute Gasteiger partial charge is 0.494 e. The van der Waals surface area contributed by atoms with E-state index in [4.69, 9.17) is 4.74 Å². The van der Waals surface area contributed by atoms with E-state index in [9.17, 15) is 9.59 Å². The maximum absolute atomic E-state index is 13.2. The number of piperidine rings is 1. The number of carbonyl (C=O) groups is 1. The average molecular weight is 396 g/mol. The monoisotopic (exact) mass is 395 g/mol. The van der Waals surface area contributed by atoms with E-state index in [-0.39, 0.29) is 29.3 Å². The van der Waals surface area contributed by atoms with Gasteiger partial charge in [0.25, 0.3) is 11.5 Å². The zero-order chi connectivity index (χ0) is 20.5. The summed E-state index contributed by atoms with van der Waals surface area (Å²) in [5, 5.41) is 0. The van der Waals surface area contributed by atoms with Gasteiger partial charge in [0.2, 0.25) is 0 Å². The molecule has 0 spiro atoms. The van der Waals surface area contributed by atoms with E-state index in [1.807, 2.05) is 60.8 Å². The molecule has 0 unspecified atom stereocenters. The summed E-state index contributed by atoms with van der Waals surface area (Å²) >= 11 is 0. The summed E-state index contributed by atoms with van der Waals surface area (Å²) in [7, 11) is 4.07. The number of likely N-dealkylation sites (N-methyl/N-ethyl adjacent to an activating group) is 1. The summed E-state index contributed by atoms with van der Waals surface area (Å²) < 4.78 is 7.47. The Kier molecular flexibility index (Phi) is 5.46. The van der Waals surface area contributed by atoms with E-state index < -0.39 is 0 Å². The first-order chi connectivity index (χ1) is 14.0. The van der Waals surface area contributed by atoms with Gasteiger partial charge in [-0.05, 0) is 63.7 Å². The van der Waals surface area contributed by atoms with Crippen LogP contribution in [-0.4, -0.2) is 60.6 Å². The number of carbonyl (C=O) groups excluding carboxylic acids is 1. The van der Waals surface area contributed by atoms with Crippen molar-refractivity contribution in [2.45, 2.75) is 25.3 Å². The first-order valence-corrected chi connectivity index (χ1v) is 10.4. The molecule has 154 valence electrons. The van der Waals surface area contributed by atoms with E-state index >= 15 is 0 Å². The van der Waals surface area contributed by atoms with Crippen LogP contribution in [0.15, 0.2) is 47.3 Å². The van der Waals surface area contributed by atoms with Crippen molar-refractivity contribution in [2.24, 2.45) is 5.92 Å². The molecular weight excluding hydrogens is 366 g/mol. The van der Waals surface area contributed by atoms with Crippen molar-refractivity contribution in [3.63, 3.8) is 0 Å². The van der Waals surface area contributed by atoms with Crippen molar-refractivity contribution in [1.29, 1.82) is 0 Å². The molecule has 6 heteroatoms. The van der Waals surface area contributed by atoms with Crippen LogP contribution in [0, 0.1) is 5.92 Å². The van der Waals surface area contributed by atoms with Gasteiger partial charge in [-0.25, -0.2) is 0 Å². The lowest BCUT2D eigenvalue weighted by Crippen LogP contribution is -2.52. The number of amides is 1. The highest BCUT2D eigenvalue weighted by Crippen LogP contribution is 2.41. The molecule has 2 aliphatic rings. The first kappa shape index (κ1) is 19.7. The summed E-state index contributed by atoms with van der Waals surface area (Å²) in [4.78, 5) is 30.0. The Morgan fingerprint density at radius 1 is 1.14 bits per heavy atom. The quantitative estimate of drug-likeness (QED) is 0.781. The van der Waals surface area contributed by atoms with Crippen LogP contribution in [0.3, 0.4) is 0 Å². The molecule has 1 amide bonds. The fourth-order valence-electron chi connectivity index (χ4n) is 4.86. The Labute approximate surface area is 171 Å². The molecule has 2 aliphatic heterocycles. The average Bonchev–Trinajstić information content (AvgIpc) is 2.71. The molecule has 3 atom stereocenters. The van der Waals surface area contributed by atoms with Crippen LogP contribution in [0.5, 0.6) is 5.75 Å². The third kappa shape index (κ3) is 3.81. The second-order valence-electron chi connectivity index (χ2n) is 8.35. The number of hydrogen-bond acceptors (Lipinski definition) is 4. The maximum atomic E-state index is 13.2. The van der Waals surface area contributed by atoms with Gasteiger partial charge in [-0.15, -0.1) is 0 Å². The SMILES string of the molecule is CCOc1ccc(C(=O)N2C[C@H]3C[C@@H](C2)[C@H](CN(C)C)n2c3cccc2=O)cc1. The summed E-state index contributed by atoms with van der Waals surface area (Å²) in [6, 6.07) is 13.0. The molecule has 0 N–H and O–H groups in total. The molecule has 2 aromatic rings. The second kappa shape index (κ2) is 8.03. The number of aromatic nitrogens is 1. The zero-order valence-corrected chi connectivity index (χ0v) is 17.4. The Morgan fingerprint density at radius 2 is 1.90 bits per heavy atom. The number of rotatable bonds is 5. The number of nitrogens with zero attached hydrogens (tertiary/aromatic N) is 3. The molecule has 29 heavy (non-hydrogen) atoms. The van der Waals surface area contributed by atoms with Gasteiger partial charge in [-0.2, -0.15) is 0 Å². The van der Waals surface area contributed by atoms with Crippen molar-refractivity contribution < 1.29 is 9.53 Å². The number of hydrogen-bond donors (Lipinski definition) is 0. The smallest absolute Gasteiger partial charge is 0.253 e. The van der Waals surface area contributed by atoms with Gasteiger partial charge in [0.15, 0.2) is 0 Å². The molecule has 0 radical (unpaired) electrons. The third-order valence-electron chi connectivity index (χ3n) is 6.05. The molecule has 4 rings (SSSR count). The number of benzene rings is 1. The summed E-state index contributed by atoms with van der Waals surface area (Å²) in [5.41, 5.74) is 1.81. The predicted octanol–water partition coefficient (Wildman–Crippen LogP) is 2.61. The minimum atomic E-state index is 0.0538. The number of likely N-dealkylation sites (tertiary alicyclic amines) is 1. The maximum Gasteiger partial charge on any atom is 0.253 e. The van der Waals surface area contributed by atoms with E-state index in [0.29, 0.717) is 25.3 Å². The lowest BCUT2D eigenvalue weighted by molar-refractivity contribution is 0.0498. The van der Waals surface area contributed by atoms with E-state index in [1.54, 1.807) is 6.07 Å². The molecule has 1 aromatic carbocycles. The molecule has 0 aliphatic carbocycles. The third-order valence-corrected chi connectivity index (χ3v) is 6.05. The summed E-state index contributed by atoms with van der Waals surface area (Å²) in [5.74, 6) is 1.31. The van der Waals surface area contributed by atoms with Gasteiger partial charge in [0, 0.05) is 42.9 Å². The molecule has 1 aromatic heterocycles. The Bertz CT molecular complexity index is 935. The van der Waals surface area contributed by atoms with E-state index in [1.165, 1.54) is 0 Å². The van der Waals surface area contributed by atoms with Crippen LogP contribution >= 0.6 is 0 Å². The molecular formula is C23H29N3O3. The summed E-state index contributed by atoms with van der Waals surface area (Å²) in [6.07, 6.45) is 1.02. The predicted molar refractivity (Wildman–Crippen MR) is 113 cm³/mol. The van der Waals surface area contributed by atoms with Crippen molar-refractivity contribution in [3.8, 4) is 5.75 Å². The van der Waals surface area contributed by atoms with Crippen LogP contribution in [0.2, 0.25) is 0 Å². The zero-order valence-electron chi connectivity index (χ0n) is 17.4. The van der Waals surface area contributed by atoms with Gasteiger partial charge in [0.1, 0.15) is 5.75 Å². The van der Waals surface area contributed by atoms with Crippen molar-refractivity contribution in [1.82, 2.24) is 14.4 Å². The first-order valence-electron chi connectivity index (χ1n) is 10.4. The molecule has 2 bridgehead atoms. The molecule has 3 heterocycles. The van der Waals surface area contributed by atoms with Crippen molar-refractivity contribution in [3.05, 3.63) is 64.1 Å². The van der Waals surface area contributed by atoms with Gasteiger partial charge < -0.3 is 19.1 Å². The van der Waals surface area contributed by atoms with Crippen LogP contribution in [0.1, 0.15) is 41.4 Å². The van der Waals surface area contributed by atoms with Gasteiger partial charge >= 0.3 is 0 Å². The molecule has 1 fully saturated rings. The lowest BCUT2D eigenvalue weighted by atomic mass is 9.78. The molecule has 1 saturated heterocycles. The van der Waals surface area contributed by atoms with E-state index in [0.717, 1.165) is 24.4 Å². The Morgan fingerprint density at radius 3 is 2.59 bits per heavy atom. The minimum Gasteiger partial charge on any atom is -0.494 e. The van der Waals surface area contributed by atoms with Crippen LogP contribution in [0.4, 0.5) is 0 Å². The fraction of sp³-hybridized carbons (Fsp3) is 0.478. The topological polar surface area (TPSA) is 54.8 Å². The summed E-state index contributed by atoms with van der Waals surface area (Å²) in [6.45, 7) is 4.68. The van der Waals surface area contributed by atoms with Crippen LogP contribution in [-0.2, 0) is 0 Å². The Balaban J connectivity index is 1.62. The van der Waals surface area contributed by atoms with Crippen LogP contribution in [0.25, 0.3) is 0 Å². The number of pyridine rings is 1. The Hall–Kier alpha value is -2.60. The van der Waals surface area contributed by atoms with Crippen molar-refractivity contribution in [2.75, 3.05) is 40.3 Å². The lowest BCUT2D eigenvalue weighted by Gasteiger charge is -2.47. The van der Waals surface area contributed by atoms with Crippen LogP contribution < -0.4 is 10.3 Å².